The maximum absolute atomic E-state index is 12.6. The smallest absolute Gasteiger partial charge is 0.232 e. The largest absolute Gasteiger partial charge is 0.340 e. The number of amides is 1. The summed E-state index contributed by atoms with van der Waals surface area (Å²) in [6.45, 7) is 2.36. The lowest BCUT2D eigenvalue weighted by molar-refractivity contribution is -0.120. The molecule has 2 aliphatic rings. The predicted molar refractivity (Wildman–Crippen MR) is 80.0 cm³/mol. The van der Waals surface area contributed by atoms with Crippen LogP contribution >= 0.6 is 0 Å². The minimum absolute atomic E-state index is 0.0639. The molecule has 0 radical (unpaired) electrons. The van der Waals surface area contributed by atoms with Crippen LogP contribution in [0.2, 0.25) is 0 Å². The summed E-state index contributed by atoms with van der Waals surface area (Å²) in [5.41, 5.74) is 0.999. The maximum atomic E-state index is 12.6. The Hall–Kier alpha value is -2.43. The third kappa shape index (κ3) is 2.05. The molecular formula is C16H16N4O. The minimum Gasteiger partial charge on any atom is -0.340 e. The summed E-state index contributed by atoms with van der Waals surface area (Å²) >= 11 is 0. The van der Waals surface area contributed by atoms with Gasteiger partial charge in [0.1, 0.15) is 0 Å². The lowest BCUT2D eigenvalue weighted by Crippen LogP contribution is -2.33. The highest BCUT2D eigenvalue weighted by atomic mass is 16.2. The molecule has 106 valence electrons. The molecule has 1 aromatic carbocycles. The molecule has 21 heavy (non-hydrogen) atoms. The molecule has 1 amide bonds. The summed E-state index contributed by atoms with van der Waals surface area (Å²) in [5, 5.41) is 0. The molecule has 3 heterocycles. The van der Waals surface area contributed by atoms with Gasteiger partial charge in [0.15, 0.2) is 0 Å². The van der Waals surface area contributed by atoms with E-state index in [1.54, 1.807) is 12.4 Å². The first-order valence-electron chi connectivity index (χ1n) is 7.21. The number of para-hydroxylation sites is 1. The third-order valence-corrected chi connectivity index (χ3v) is 4.34. The Bertz CT molecular complexity index is 646. The average Bonchev–Trinajstić information content (AvgIpc) is 3.09. The monoisotopic (exact) mass is 280 g/mol. The summed E-state index contributed by atoms with van der Waals surface area (Å²) in [6, 6.07) is 11.7. The zero-order chi connectivity index (χ0) is 14.2. The van der Waals surface area contributed by atoms with Gasteiger partial charge in [-0.15, -0.1) is 0 Å². The topological polar surface area (TPSA) is 49.3 Å². The average molecular weight is 280 g/mol. The summed E-state index contributed by atoms with van der Waals surface area (Å²) < 4.78 is 0. The van der Waals surface area contributed by atoms with Gasteiger partial charge in [-0.05, 0) is 18.2 Å². The number of carbonyl (C=O) groups is 1. The van der Waals surface area contributed by atoms with Crippen LogP contribution in [0.1, 0.15) is 0 Å². The van der Waals surface area contributed by atoms with E-state index in [1.165, 1.54) is 0 Å². The van der Waals surface area contributed by atoms with Crippen LogP contribution in [-0.2, 0) is 4.79 Å². The van der Waals surface area contributed by atoms with Gasteiger partial charge in [0.25, 0.3) is 0 Å². The molecule has 0 saturated carbocycles. The lowest BCUT2D eigenvalue weighted by Gasteiger charge is -2.21. The van der Waals surface area contributed by atoms with Crippen molar-refractivity contribution < 1.29 is 4.79 Å². The van der Waals surface area contributed by atoms with Crippen LogP contribution < -0.4 is 9.80 Å². The first-order valence-corrected chi connectivity index (χ1v) is 7.21. The van der Waals surface area contributed by atoms with E-state index in [2.05, 4.69) is 14.9 Å². The molecule has 2 atom stereocenters. The first-order chi connectivity index (χ1) is 10.3. The summed E-state index contributed by atoms with van der Waals surface area (Å²) in [6.07, 6.45) is 3.49. The van der Waals surface area contributed by atoms with Gasteiger partial charge < -0.3 is 9.80 Å². The lowest BCUT2D eigenvalue weighted by atomic mass is 10.0. The molecule has 0 unspecified atom stereocenters. The Balaban J connectivity index is 1.53. The molecule has 2 aromatic rings. The SMILES string of the molecule is O=C1[C@@H]2CN(c3ncccn3)C[C@@H]2CN1c1ccccc1. The van der Waals surface area contributed by atoms with Crippen LogP contribution in [0.3, 0.4) is 0 Å². The number of anilines is 2. The first kappa shape index (κ1) is 12.3. The van der Waals surface area contributed by atoms with Gasteiger partial charge in [0, 0.05) is 43.6 Å². The van der Waals surface area contributed by atoms with Crippen molar-refractivity contribution in [2.45, 2.75) is 0 Å². The van der Waals surface area contributed by atoms with Crippen LogP contribution in [0.25, 0.3) is 0 Å². The number of fused-ring (bicyclic) bond motifs is 1. The Morgan fingerprint density at radius 3 is 2.43 bits per heavy atom. The van der Waals surface area contributed by atoms with Gasteiger partial charge in [-0.1, -0.05) is 18.2 Å². The summed E-state index contributed by atoms with van der Waals surface area (Å²) in [5.74, 6) is 1.38. The zero-order valence-corrected chi connectivity index (χ0v) is 11.6. The minimum atomic E-state index is 0.0639. The number of benzene rings is 1. The Morgan fingerprint density at radius 1 is 0.952 bits per heavy atom. The summed E-state index contributed by atoms with van der Waals surface area (Å²) in [7, 11) is 0. The van der Waals surface area contributed by atoms with E-state index in [0.717, 1.165) is 31.3 Å². The number of hydrogen-bond donors (Lipinski definition) is 0. The zero-order valence-electron chi connectivity index (χ0n) is 11.6. The van der Waals surface area contributed by atoms with Crippen molar-refractivity contribution in [1.29, 1.82) is 0 Å². The molecule has 2 fully saturated rings. The molecule has 2 aliphatic heterocycles. The Labute approximate surface area is 123 Å². The predicted octanol–water partition coefficient (Wildman–Crippen LogP) is 1.58. The molecule has 2 saturated heterocycles. The molecule has 0 N–H and O–H groups in total. The van der Waals surface area contributed by atoms with Crippen molar-refractivity contribution in [3.05, 3.63) is 48.8 Å². The summed E-state index contributed by atoms with van der Waals surface area (Å²) in [4.78, 5) is 25.2. The second-order valence-corrected chi connectivity index (χ2v) is 5.60. The molecule has 5 nitrogen and oxygen atoms in total. The normalized spacial score (nSPS) is 24.5. The second kappa shape index (κ2) is 4.84. The van der Waals surface area contributed by atoms with E-state index >= 15 is 0 Å². The van der Waals surface area contributed by atoms with Crippen molar-refractivity contribution in [1.82, 2.24) is 9.97 Å². The molecule has 5 heteroatoms. The quantitative estimate of drug-likeness (QED) is 0.838. The fourth-order valence-electron chi connectivity index (χ4n) is 3.32. The number of carbonyl (C=O) groups excluding carboxylic acids is 1. The number of hydrogen-bond acceptors (Lipinski definition) is 4. The molecular weight excluding hydrogens is 264 g/mol. The molecule has 0 bridgehead atoms. The van der Waals surface area contributed by atoms with Gasteiger partial charge in [0.05, 0.1) is 5.92 Å². The van der Waals surface area contributed by atoms with E-state index in [4.69, 9.17) is 0 Å². The van der Waals surface area contributed by atoms with Crippen LogP contribution in [0.15, 0.2) is 48.8 Å². The van der Waals surface area contributed by atoms with E-state index in [0.29, 0.717) is 5.92 Å². The van der Waals surface area contributed by atoms with Gasteiger partial charge in [-0.25, -0.2) is 9.97 Å². The maximum Gasteiger partial charge on any atom is 0.232 e. The fraction of sp³-hybridized carbons (Fsp3) is 0.312. The Kier molecular flexibility index (Phi) is 2.84. The van der Waals surface area contributed by atoms with E-state index < -0.39 is 0 Å². The van der Waals surface area contributed by atoms with Crippen LogP contribution in [0, 0.1) is 11.8 Å². The number of nitrogens with zero attached hydrogens (tertiary/aromatic N) is 4. The van der Waals surface area contributed by atoms with Gasteiger partial charge in [0.2, 0.25) is 11.9 Å². The van der Waals surface area contributed by atoms with Crippen molar-refractivity contribution in [2.24, 2.45) is 11.8 Å². The molecule has 0 aliphatic carbocycles. The highest BCUT2D eigenvalue weighted by molar-refractivity contribution is 5.98. The van der Waals surface area contributed by atoms with Crippen molar-refractivity contribution in [2.75, 3.05) is 29.4 Å². The third-order valence-electron chi connectivity index (χ3n) is 4.34. The molecule has 1 aromatic heterocycles. The highest BCUT2D eigenvalue weighted by Gasteiger charge is 2.47. The van der Waals surface area contributed by atoms with Gasteiger partial charge in [-0.3, -0.25) is 4.79 Å². The van der Waals surface area contributed by atoms with Crippen LogP contribution in [0.4, 0.5) is 11.6 Å². The number of rotatable bonds is 2. The van der Waals surface area contributed by atoms with E-state index in [1.807, 2.05) is 41.3 Å². The van der Waals surface area contributed by atoms with Crippen molar-refractivity contribution in [3.63, 3.8) is 0 Å². The van der Waals surface area contributed by atoms with E-state index in [-0.39, 0.29) is 11.8 Å². The van der Waals surface area contributed by atoms with Crippen molar-refractivity contribution in [3.8, 4) is 0 Å². The van der Waals surface area contributed by atoms with Gasteiger partial charge >= 0.3 is 0 Å². The number of aromatic nitrogens is 2. The van der Waals surface area contributed by atoms with E-state index in [9.17, 15) is 4.79 Å². The van der Waals surface area contributed by atoms with Crippen molar-refractivity contribution >= 4 is 17.5 Å². The standard InChI is InChI=1S/C16H16N4O/c21-15-14-11-19(16-17-7-4-8-18-16)9-12(14)10-20(15)13-5-2-1-3-6-13/h1-8,12,14H,9-11H2/t12-,14-/m1/s1. The van der Waals surface area contributed by atoms with Crippen LogP contribution in [-0.4, -0.2) is 35.5 Å². The Morgan fingerprint density at radius 2 is 1.71 bits per heavy atom. The van der Waals surface area contributed by atoms with Crippen LogP contribution in [0.5, 0.6) is 0 Å². The fourth-order valence-corrected chi connectivity index (χ4v) is 3.32. The second-order valence-electron chi connectivity index (χ2n) is 5.60. The highest BCUT2D eigenvalue weighted by Crippen LogP contribution is 2.35. The van der Waals surface area contributed by atoms with Gasteiger partial charge in [-0.2, -0.15) is 0 Å². The molecule has 4 rings (SSSR count). The molecule has 0 spiro atoms.